The molecule has 162 valence electrons. The van der Waals surface area contributed by atoms with Crippen molar-refractivity contribution in [2.75, 3.05) is 18.9 Å². The number of nitrogens with one attached hydrogen (secondary N) is 1. The Morgan fingerprint density at radius 2 is 1.87 bits per heavy atom. The van der Waals surface area contributed by atoms with E-state index in [-0.39, 0.29) is 12.5 Å². The maximum absolute atomic E-state index is 12.1. The molecule has 0 aliphatic rings. The molecule has 0 atom stereocenters. The predicted octanol–water partition coefficient (Wildman–Crippen LogP) is 4.49. The van der Waals surface area contributed by atoms with E-state index >= 15 is 0 Å². The molecule has 31 heavy (non-hydrogen) atoms. The van der Waals surface area contributed by atoms with E-state index < -0.39 is 5.97 Å². The maximum Gasteiger partial charge on any atom is 0.338 e. The number of ether oxygens (including phenoxy) is 2. The van der Waals surface area contributed by atoms with Gasteiger partial charge in [-0.3, -0.25) is 4.79 Å². The number of hydrogen-bond acceptors (Lipinski definition) is 7. The Morgan fingerprint density at radius 1 is 1.10 bits per heavy atom. The second-order valence-electron chi connectivity index (χ2n) is 6.61. The van der Waals surface area contributed by atoms with Gasteiger partial charge in [-0.2, -0.15) is 0 Å². The minimum absolute atomic E-state index is 0.300. The van der Waals surface area contributed by atoms with Crippen LogP contribution in [-0.2, 0) is 16.1 Å². The number of benzene rings is 2. The number of aryl methyl sites for hydroxylation is 1. The topological polar surface area (TPSA) is 77.5 Å². The zero-order valence-electron chi connectivity index (χ0n) is 17.2. The van der Waals surface area contributed by atoms with E-state index in [0.29, 0.717) is 24.5 Å². The van der Waals surface area contributed by atoms with E-state index in [2.05, 4.69) is 22.4 Å². The lowest BCUT2D eigenvalue weighted by atomic mass is 10.2. The molecule has 0 saturated heterocycles. The Hall–Kier alpha value is -2.84. The third kappa shape index (κ3) is 8.07. The first-order chi connectivity index (χ1) is 15.1. The second kappa shape index (κ2) is 12.1. The summed E-state index contributed by atoms with van der Waals surface area (Å²) in [5, 5.41) is 5.71. The molecular weight excluding hydrogens is 432 g/mol. The van der Waals surface area contributed by atoms with E-state index in [1.807, 2.05) is 30.5 Å². The molecular formula is C23H24N2O4S2. The van der Waals surface area contributed by atoms with Gasteiger partial charge in [0.1, 0.15) is 12.4 Å². The standard InChI is InChI=1S/C23H24N2O4S2/c1-17-25-19(16-31-17)14-28-20-10-8-18(9-11-20)23(27)29-15-22(26)24-12-5-13-30-21-6-3-2-4-7-21/h2-4,6-11,16H,5,12-15H2,1H3,(H,24,26). The van der Waals surface area contributed by atoms with Crippen LogP contribution in [0.5, 0.6) is 5.75 Å². The number of carbonyl (C=O) groups is 2. The van der Waals surface area contributed by atoms with Gasteiger partial charge in [0.15, 0.2) is 6.61 Å². The summed E-state index contributed by atoms with van der Waals surface area (Å²) >= 11 is 3.32. The van der Waals surface area contributed by atoms with Gasteiger partial charge in [-0.25, -0.2) is 9.78 Å². The van der Waals surface area contributed by atoms with Crippen LogP contribution < -0.4 is 10.1 Å². The average Bonchev–Trinajstić information content (AvgIpc) is 3.22. The summed E-state index contributed by atoms with van der Waals surface area (Å²) in [6.45, 7) is 2.56. The minimum atomic E-state index is -0.545. The second-order valence-corrected chi connectivity index (χ2v) is 8.84. The van der Waals surface area contributed by atoms with Gasteiger partial charge in [0.2, 0.25) is 0 Å². The number of amides is 1. The predicted molar refractivity (Wildman–Crippen MR) is 123 cm³/mol. The van der Waals surface area contributed by atoms with Crippen molar-refractivity contribution in [2.45, 2.75) is 24.8 Å². The van der Waals surface area contributed by atoms with Gasteiger partial charge in [0.25, 0.3) is 5.91 Å². The quantitative estimate of drug-likeness (QED) is 0.260. The molecule has 3 aromatic rings. The van der Waals surface area contributed by atoms with Crippen molar-refractivity contribution >= 4 is 35.0 Å². The third-order valence-corrected chi connectivity index (χ3v) is 6.05. The van der Waals surface area contributed by atoms with Gasteiger partial charge in [-0.15, -0.1) is 23.1 Å². The van der Waals surface area contributed by atoms with E-state index in [1.165, 1.54) is 4.90 Å². The van der Waals surface area contributed by atoms with Gasteiger partial charge in [0.05, 0.1) is 16.3 Å². The van der Waals surface area contributed by atoms with Crippen molar-refractivity contribution in [3.8, 4) is 5.75 Å². The van der Waals surface area contributed by atoms with Gasteiger partial charge < -0.3 is 14.8 Å². The summed E-state index contributed by atoms with van der Waals surface area (Å²) in [5.41, 5.74) is 1.24. The highest BCUT2D eigenvalue weighted by Gasteiger charge is 2.10. The summed E-state index contributed by atoms with van der Waals surface area (Å²) in [4.78, 5) is 29.5. The van der Waals surface area contributed by atoms with Crippen molar-refractivity contribution in [3.05, 3.63) is 76.2 Å². The van der Waals surface area contributed by atoms with Crippen molar-refractivity contribution < 1.29 is 19.1 Å². The first-order valence-corrected chi connectivity index (χ1v) is 11.7. The monoisotopic (exact) mass is 456 g/mol. The zero-order valence-corrected chi connectivity index (χ0v) is 18.8. The van der Waals surface area contributed by atoms with Crippen LogP contribution >= 0.6 is 23.1 Å². The highest BCUT2D eigenvalue weighted by Crippen LogP contribution is 2.17. The van der Waals surface area contributed by atoms with Crippen LogP contribution in [0.25, 0.3) is 0 Å². The Kier molecular flexibility index (Phi) is 8.93. The normalized spacial score (nSPS) is 10.5. The van der Waals surface area contributed by atoms with Crippen molar-refractivity contribution in [3.63, 3.8) is 0 Å². The van der Waals surface area contributed by atoms with E-state index in [4.69, 9.17) is 9.47 Å². The average molecular weight is 457 g/mol. The largest absolute Gasteiger partial charge is 0.487 e. The number of rotatable bonds is 11. The van der Waals surface area contributed by atoms with Crippen LogP contribution in [0.2, 0.25) is 0 Å². The van der Waals surface area contributed by atoms with Crippen LogP contribution in [0.1, 0.15) is 27.5 Å². The van der Waals surface area contributed by atoms with Crippen LogP contribution in [0.3, 0.4) is 0 Å². The fraction of sp³-hybridized carbons (Fsp3) is 0.261. The zero-order chi connectivity index (χ0) is 21.9. The van der Waals surface area contributed by atoms with Crippen LogP contribution in [0.15, 0.2) is 64.9 Å². The number of nitrogens with zero attached hydrogens (tertiary/aromatic N) is 1. The van der Waals surface area contributed by atoms with Crippen LogP contribution in [0, 0.1) is 6.92 Å². The molecule has 0 bridgehead atoms. The third-order valence-electron chi connectivity index (χ3n) is 4.13. The molecule has 1 heterocycles. The number of aromatic nitrogens is 1. The van der Waals surface area contributed by atoms with Gasteiger partial charge in [0, 0.05) is 16.8 Å². The molecule has 0 spiro atoms. The maximum atomic E-state index is 12.1. The van der Waals surface area contributed by atoms with E-state index in [0.717, 1.165) is 22.9 Å². The lowest BCUT2D eigenvalue weighted by molar-refractivity contribution is -0.124. The smallest absolute Gasteiger partial charge is 0.338 e. The molecule has 0 fully saturated rings. The Balaban J connectivity index is 1.30. The number of hydrogen-bond donors (Lipinski definition) is 1. The van der Waals surface area contributed by atoms with Gasteiger partial charge in [-0.05, 0) is 55.5 Å². The number of thioether (sulfide) groups is 1. The van der Waals surface area contributed by atoms with Crippen molar-refractivity contribution in [1.82, 2.24) is 10.3 Å². The van der Waals surface area contributed by atoms with Gasteiger partial charge in [-0.1, -0.05) is 18.2 Å². The molecule has 1 amide bonds. The SMILES string of the molecule is Cc1nc(COc2ccc(C(=O)OCC(=O)NCCCSc3ccccc3)cc2)cs1. The molecule has 0 radical (unpaired) electrons. The molecule has 0 aliphatic carbocycles. The summed E-state index contributed by atoms with van der Waals surface area (Å²) in [7, 11) is 0. The number of esters is 1. The molecule has 3 rings (SSSR count). The molecule has 1 aromatic heterocycles. The summed E-state index contributed by atoms with van der Waals surface area (Å²) in [6.07, 6.45) is 0.835. The van der Waals surface area contributed by atoms with E-state index in [9.17, 15) is 9.59 Å². The first-order valence-electron chi connectivity index (χ1n) is 9.86. The summed E-state index contributed by atoms with van der Waals surface area (Å²) in [6, 6.07) is 16.7. The van der Waals surface area contributed by atoms with Crippen LogP contribution in [-0.4, -0.2) is 35.8 Å². The minimum Gasteiger partial charge on any atom is -0.487 e. The lowest BCUT2D eigenvalue weighted by Gasteiger charge is -2.08. The fourth-order valence-electron chi connectivity index (χ4n) is 2.59. The first kappa shape index (κ1) is 22.8. The highest BCUT2D eigenvalue weighted by atomic mass is 32.2. The molecule has 0 unspecified atom stereocenters. The summed E-state index contributed by atoms with van der Waals surface area (Å²) in [5.74, 6) is 0.682. The Bertz CT molecular complexity index is 975. The molecule has 8 heteroatoms. The Labute approximate surface area is 190 Å². The Morgan fingerprint density at radius 3 is 2.58 bits per heavy atom. The highest BCUT2D eigenvalue weighted by molar-refractivity contribution is 7.99. The molecule has 0 saturated carbocycles. The lowest BCUT2D eigenvalue weighted by Crippen LogP contribution is -2.29. The molecule has 6 nitrogen and oxygen atoms in total. The van der Waals surface area contributed by atoms with E-state index in [1.54, 1.807) is 47.4 Å². The molecule has 0 aliphatic heterocycles. The van der Waals surface area contributed by atoms with Crippen molar-refractivity contribution in [1.29, 1.82) is 0 Å². The summed E-state index contributed by atoms with van der Waals surface area (Å²) < 4.78 is 10.7. The number of carbonyl (C=O) groups excluding carboxylic acids is 2. The number of thiazole rings is 1. The molecule has 2 aromatic carbocycles. The van der Waals surface area contributed by atoms with Crippen molar-refractivity contribution in [2.24, 2.45) is 0 Å². The van der Waals surface area contributed by atoms with Gasteiger partial charge >= 0.3 is 5.97 Å². The molecule has 1 N–H and O–H groups in total. The van der Waals surface area contributed by atoms with Crippen LogP contribution in [0.4, 0.5) is 0 Å². The fourth-order valence-corrected chi connectivity index (χ4v) is 4.06.